The molecule has 2 nitrogen and oxygen atoms in total. The molecule has 0 amide bonds. The Balaban J connectivity index is 3.15. The molecule has 0 fully saturated rings. The number of allylic oxidation sites excluding steroid dienone is 2. The van der Waals surface area contributed by atoms with Gasteiger partial charge in [0.25, 0.3) is 0 Å². The van der Waals surface area contributed by atoms with E-state index in [2.05, 4.69) is 13.8 Å². The van der Waals surface area contributed by atoms with E-state index in [1.54, 1.807) is 12.5 Å². The standard InChI is InChI=1S/C20H38O2/c1-3-5-7-9-11-13-17-21-19-15-16-20-22-18-14-12-10-8-6-4-2/h15-16,19-20H,3-14,17-18H2,1-2H3. The summed E-state index contributed by atoms with van der Waals surface area (Å²) < 4.78 is 10.9. The van der Waals surface area contributed by atoms with Crippen molar-refractivity contribution in [2.24, 2.45) is 0 Å². The average molecular weight is 311 g/mol. The number of rotatable bonds is 17. The molecule has 0 saturated carbocycles. The smallest absolute Gasteiger partial charge is 0.0873 e. The van der Waals surface area contributed by atoms with E-state index < -0.39 is 0 Å². The minimum atomic E-state index is 0.828. The maximum atomic E-state index is 5.44. The zero-order chi connectivity index (χ0) is 16.1. The second kappa shape index (κ2) is 20.1. The zero-order valence-corrected chi connectivity index (χ0v) is 15.0. The molecule has 0 heterocycles. The van der Waals surface area contributed by atoms with Crippen LogP contribution in [0.2, 0.25) is 0 Å². The number of hydrogen-bond acceptors (Lipinski definition) is 2. The van der Waals surface area contributed by atoms with Crippen molar-refractivity contribution in [1.29, 1.82) is 0 Å². The second-order valence-electron chi connectivity index (χ2n) is 5.93. The molecule has 0 radical (unpaired) electrons. The van der Waals surface area contributed by atoms with Crippen LogP contribution in [0.3, 0.4) is 0 Å². The molecule has 0 atom stereocenters. The maximum Gasteiger partial charge on any atom is 0.0873 e. The Labute approximate surface area is 139 Å². The summed E-state index contributed by atoms with van der Waals surface area (Å²) in [6.45, 7) is 6.15. The van der Waals surface area contributed by atoms with Crippen LogP contribution in [-0.4, -0.2) is 13.2 Å². The normalized spacial score (nSPS) is 11.5. The van der Waals surface area contributed by atoms with Crippen LogP contribution in [0.25, 0.3) is 0 Å². The van der Waals surface area contributed by atoms with Crippen LogP contribution in [0.15, 0.2) is 24.7 Å². The molecular formula is C20H38O2. The molecule has 0 aromatic rings. The fourth-order valence-electron chi connectivity index (χ4n) is 2.27. The lowest BCUT2D eigenvalue weighted by atomic mass is 10.1. The van der Waals surface area contributed by atoms with Gasteiger partial charge < -0.3 is 9.47 Å². The Morgan fingerprint density at radius 3 is 1.27 bits per heavy atom. The van der Waals surface area contributed by atoms with Crippen LogP contribution in [0.4, 0.5) is 0 Å². The monoisotopic (exact) mass is 310 g/mol. The highest BCUT2D eigenvalue weighted by Gasteiger charge is 1.90. The van der Waals surface area contributed by atoms with Gasteiger partial charge in [0.1, 0.15) is 0 Å². The Bertz CT molecular complexity index is 220. The number of hydrogen-bond donors (Lipinski definition) is 0. The fraction of sp³-hybridized carbons (Fsp3) is 0.800. The fourth-order valence-corrected chi connectivity index (χ4v) is 2.27. The molecule has 0 aliphatic rings. The van der Waals surface area contributed by atoms with Gasteiger partial charge in [-0.25, -0.2) is 0 Å². The Morgan fingerprint density at radius 2 is 0.864 bits per heavy atom. The van der Waals surface area contributed by atoms with Gasteiger partial charge in [-0.2, -0.15) is 0 Å². The van der Waals surface area contributed by atoms with Crippen LogP contribution in [0.5, 0.6) is 0 Å². The zero-order valence-electron chi connectivity index (χ0n) is 15.0. The van der Waals surface area contributed by atoms with Crippen molar-refractivity contribution in [2.45, 2.75) is 90.9 Å². The van der Waals surface area contributed by atoms with Gasteiger partial charge in [-0.3, -0.25) is 0 Å². The molecule has 0 aliphatic carbocycles. The first-order valence-electron chi connectivity index (χ1n) is 9.46. The van der Waals surface area contributed by atoms with Gasteiger partial charge >= 0.3 is 0 Å². The van der Waals surface area contributed by atoms with Gasteiger partial charge in [-0.1, -0.05) is 78.1 Å². The van der Waals surface area contributed by atoms with Crippen LogP contribution in [0, 0.1) is 0 Å². The van der Waals surface area contributed by atoms with Crippen LogP contribution < -0.4 is 0 Å². The molecule has 0 N–H and O–H groups in total. The lowest BCUT2D eigenvalue weighted by Crippen LogP contribution is -1.88. The lowest BCUT2D eigenvalue weighted by Gasteiger charge is -2.01. The third kappa shape index (κ3) is 19.1. The second-order valence-corrected chi connectivity index (χ2v) is 5.93. The highest BCUT2D eigenvalue weighted by molar-refractivity contribution is 4.96. The summed E-state index contributed by atoms with van der Waals surface area (Å²) >= 11 is 0. The Kier molecular flexibility index (Phi) is 19.2. The minimum absolute atomic E-state index is 0.828. The van der Waals surface area contributed by atoms with Gasteiger partial charge in [0.15, 0.2) is 0 Å². The van der Waals surface area contributed by atoms with Crippen LogP contribution in [-0.2, 0) is 9.47 Å². The first-order chi connectivity index (χ1) is 10.9. The van der Waals surface area contributed by atoms with Gasteiger partial charge in [-0.15, -0.1) is 0 Å². The summed E-state index contributed by atoms with van der Waals surface area (Å²) in [6, 6.07) is 0. The molecule has 22 heavy (non-hydrogen) atoms. The minimum Gasteiger partial charge on any atom is -0.501 e. The number of ether oxygens (including phenoxy) is 2. The molecule has 0 aliphatic heterocycles. The van der Waals surface area contributed by atoms with E-state index >= 15 is 0 Å². The average Bonchev–Trinajstić information content (AvgIpc) is 2.54. The molecule has 0 aromatic carbocycles. The van der Waals surface area contributed by atoms with Crippen molar-refractivity contribution >= 4 is 0 Å². The highest BCUT2D eigenvalue weighted by atomic mass is 16.5. The topological polar surface area (TPSA) is 18.5 Å². The first kappa shape index (κ1) is 21.1. The third-order valence-electron chi connectivity index (χ3n) is 3.69. The quantitative estimate of drug-likeness (QED) is 0.168. The molecule has 0 saturated heterocycles. The van der Waals surface area contributed by atoms with Gasteiger partial charge in [-0.05, 0) is 25.0 Å². The molecule has 0 bridgehead atoms. The van der Waals surface area contributed by atoms with Crippen LogP contribution in [0.1, 0.15) is 90.9 Å². The van der Waals surface area contributed by atoms with Crippen molar-refractivity contribution in [1.82, 2.24) is 0 Å². The van der Waals surface area contributed by atoms with E-state index in [1.165, 1.54) is 64.2 Å². The molecule has 130 valence electrons. The van der Waals surface area contributed by atoms with E-state index in [9.17, 15) is 0 Å². The molecule has 2 heteroatoms. The number of unbranched alkanes of at least 4 members (excludes halogenated alkanes) is 10. The molecule has 0 rings (SSSR count). The van der Waals surface area contributed by atoms with E-state index in [0.717, 1.165) is 26.1 Å². The van der Waals surface area contributed by atoms with Gasteiger partial charge in [0.05, 0.1) is 25.7 Å². The van der Waals surface area contributed by atoms with E-state index in [1.807, 2.05) is 12.2 Å². The predicted molar refractivity (Wildman–Crippen MR) is 96.9 cm³/mol. The van der Waals surface area contributed by atoms with Crippen molar-refractivity contribution < 1.29 is 9.47 Å². The summed E-state index contributed by atoms with van der Waals surface area (Å²) in [6.07, 6.45) is 23.0. The van der Waals surface area contributed by atoms with Crippen molar-refractivity contribution in [3.8, 4) is 0 Å². The Hall–Kier alpha value is -0.920. The summed E-state index contributed by atoms with van der Waals surface area (Å²) in [7, 11) is 0. The largest absolute Gasteiger partial charge is 0.501 e. The Morgan fingerprint density at radius 1 is 0.500 bits per heavy atom. The lowest BCUT2D eigenvalue weighted by molar-refractivity contribution is 0.237. The highest BCUT2D eigenvalue weighted by Crippen LogP contribution is 2.05. The van der Waals surface area contributed by atoms with Gasteiger partial charge in [0.2, 0.25) is 0 Å². The van der Waals surface area contributed by atoms with Crippen molar-refractivity contribution in [3.63, 3.8) is 0 Å². The van der Waals surface area contributed by atoms with E-state index in [-0.39, 0.29) is 0 Å². The summed E-state index contributed by atoms with van der Waals surface area (Å²) in [4.78, 5) is 0. The predicted octanol–water partition coefficient (Wildman–Crippen LogP) is 6.77. The third-order valence-corrected chi connectivity index (χ3v) is 3.69. The summed E-state index contributed by atoms with van der Waals surface area (Å²) in [5.41, 5.74) is 0. The van der Waals surface area contributed by atoms with E-state index in [4.69, 9.17) is 9.47 Å². The van der Waals surface area contributed by atoms with Crippen molar-refractivity contribution in [2.75, 3.05) is 13.2 Å². The van der Waals surface area contributed by atoms with Gasteiger partial charge in [0, 0.05) is 0 Å². The maximum absolute atomic E-state index is 5.44. The van der Waals surface area contributed by atoms with E-state index in [0.29, 0.717) is 0 Å². The molecule has 0 unspecified atom stereocenters. The molecular weight excluding hydrogens is 272 g/mol. The summed E-state index contributed by atoms with van der Waals surface area (Å²) in [5.74, 6) is 0. The first-order valence-corrected chi connectivity index (χ1v) is 9.46. The van der Waals surface area contributed by atoms with Crippen LogP contribution >= 0.6 is 0 Å². The van der Waals surface area contributed by atoms with Crippen molar-refractivity contribution in [3.05, 3.63) is 24.7 Å². The molecule has 0 spiro atoms. The SMILES string of the molecule is CCCCCCCCOC=CC=COCCCCCCCC. The molecule has 0 aromatic heterocycles. The summed E-state index contributed by atoms with van der Waals surface area (Å²) in [5, 5.41) is 0.